The second-order valence-corrected chi connectivity index (χ2v) is 7.49. The van der Waals surface area contributed by atoms with E-state index < -0.39 is 5.79 Å². The molecule has 1 saturated heterocycles. The Labute approximate surface area is 154 Å². The summed E-state index contributed by atoms with van der Waals surface area (Å²) >= 11 is 7.15. The highest BCUT2D eigenvalue weighted by molar-refractivity contribution is 7.11. The minimum atomic E-state index is -0.858. The average Bonchev–Trinajstić information content (AvgIpc) is 3.24. The summed E-state index contributed by atoms with van der Waals surface area (Å²) in [5.74, 6) is -0.858. The van der Waals surface area contributed by atoms with Crippen molar-refractivity contribution in [2.24, 2.45) is 0 Å². The van der Waals surface area contributed by atoms with Crippen molar-refractivity contribution < 1.29 is 9.47 Å². The van der Waals surface area contributed by atoms with Crippen molar-refractivity contribution in [1.29, 1.82) is 0 Å². The van der Waals surface area contributed by atoms with Crippen LogP contribution >= 0.6 is 23.1 Å². The molecule has 0 saturated carbocycles. The van der Waals surface area contributed by atoms with Gasteiger partial charge in [-0.1, -0.05) is 66.2 Å². The fourth-order valence-corrected chi connectivity index (χ4v) is 4.08. The summed E-state index contributed by atoms with van der Waals surface area (Å²) in [7, 11) is 0. The fraction of sp³-hybridized carbons (Fsp3) is 0.211. The molecule has 1 aromatic heterocycles. The molecule has 3 aromatic rings. The predicted molar refractivity (Wildman–Crippen MR) is 98.3 cm³/mol. The van der Waals surface area contributed by atoms with E-state index in [0.29, 0.717) is 24.1 Å². The fourth-order valence-electron chi connectivity index (χ4n) is 3.02. The van der Waals surface area contributed by atoms with E-state index in [9.17, 15) is 4.79 Å². The van der Waals surface area contributed by atoms with Gasteiger partial charge in [0.1, 0.15) is 4.34 Å². The Hall–Kier alpha value is -1.92. The Morgan fingerprint density at radius 3 is 2.24 bits per heavy atom. The van der Waals surface area contributed by atoms with Gasteiger partial charge < -0.3 is 9.47 Å². The Balaban J connectivity index is 1.64. The zero-order chi connectivity index (χ0) is 17.3. The largest absolute Gasteiger partial charge is 0.340 e. The van der Waals surface area contributed by atoms with E-state index in [4.69, 9.17) is 21.1 Å². The molecule has 1 aliphatic rings. The molecule has 2 heterocycles. The first kappa shape index (κ1) is 16.5. The molecule has 1 fully saturated rings. The lowest BCUT2D eigenvalue weighted by molar-refractivity contribution is -0.129. The second-order valence-electron chi connectivity index (χ2n) is 5.79. The van der Waals surface area contributed by atoms with Crippen molar-refractivity contribution in [3.8, 4) is 0 Å². The minimum Gasteiger partial charge on any atom is -0.340 e. The average molecular weight is 374 g/mol. The van der Waals surface area contributed by atoms with Crippen molar-refractivity contribution in [3.05, 3.63) is 92.0 Å². The first-order valence-corrected chi connectivity index (χ1v) is 9.12. The molecular formula is C19H16ClNO3S. The molecule has 4 nitrogen and oxygen atoms in total. The molecular weight excluding hydrogens is 358 g/mol. The minimum absolute atomic E-state index is 0.0812. The zero-order valence-corrected chi connectivity index (χ0v) is 14.9. The predicted octanol–water partition coefficient (Wildman–Crippen LogP) is 3.86. The third-order valence-corrected chi connectivity index (χ3v) is 5.33. The van der Waals surface area contributed by atoms with Crippen LogP contribution in [0.2, 0.25) is 4.34 Å². The third kappa shape index (κ3) is 3.16. The van der Waals surface area contributed by atoms with Gasteiger partial charge in [0.05, 0.1) is 19.8 Å². The molecule has 0 spiro atoms. The van der Waals surface area contributed by atoms with Crippen LogP contribution in [-0.2, 0) is 21.8 Å². The number of hydrogen-bond donors (Lipinski definition) is 0. The molecule has 0 atom stereocenters. The summed E-state index contributed by atoms with van der Waals surface area (Å²) in [5.41, 5.74) is 2.85. The van der Waals surface area contributed by atoms with Gasteiger partial charge in [0.2, 0.25) is 5.79 Å². The quantitative estimate of drug-likeness (QED) is 0.697. The second kappa shape index (κ2) is 6.77. The standard InChI is InChI=1S/C19H16ClNO3S/c20-17-12-18(22)21(25-17)13-14-6-8-16(9-7-14)19(23-10-11-24-19)15-4-2-1-3-5-15/h1-9,12H,10-11,13H2. The summed E-state index contributed by atoms with van der Waals surface area (Å²) < 4.78 is 14.1. The molecule has 6 heteroatoms. The number of halogens is 1. The van der Waals surface area contributed by atoms with Gasteiger partial charge in [-0.2, -0.15) is 0 Å². The van der Waals surface area contributed by atoms with Crippen LogP contribution in [0.3, 0.4) is 0 Å². The van der Waals surface area contributed by atoms with Crippen LogP contribution in [-0.4, -0.2) is 17.2 Å². The van der Waals surface area contributed by atoms with E-state index >= 15 is 0 Å². The van der Waals surface area contributed by atoms with Crippen LogP contribution in [0.1, 0.15) is 16.7 Å². The SMILES string of the molecule is O=c1cc(Cl)sn1Cc1ccc(C2(c3ccccc3)OCCO2)cc1. The smallest absolute Gasteiger partial charge is 0.262 e. The maximum absolute atomic E-state index is 11.8. The lowest BCUT2D eigenvalue weighted by atomic mass is 9.96. The molecule has 0 bridgehead atoms. The van der Waals surface area contributed by atoms with Crippen molar-refractivity contribution in [2.75, 3.05) is 13.2 Å². The molecule has 0 N–H and O–H groups in total. The van der Waals surface area contributed by atoms with Gasteiger partial charge in [-0.15, -0.1) is 0 Å². The lowest BCUT2D eigenvalue weighted by Crippen LogP contribution is -2.28. The van der Waals surface area contributed by atoms with Crippen LogP contribution in [0.5, 0.6) is 0 Å². The summed E-state index contributed by atoms with van der Waals surface area (Å²) in [4.78, 5) is 11.8. The Morgan fingerprint density at radius 2 is 1.64 bits per heavy atom. The number of benzene rings is 2. The monoisotopic (exact) mass is 373 g/mol. The first-order chi connectivity index (χ1) is 12.2. The highest BCUT2D eigenvalue weighted by Gasteiger charge is 2.40. The molecule has 0 amide bonds. The van der Waals surface area contributed by atoms with Crippen molar-refractivity contribution in [1.82, 2.24) is 3.96 Å². The highest BCUT2D eigenvalue weighted by Crippen LogP contribution is 2.38. The van der Waals surface area contributed by atoms with Crippen LogP contribution in [0.4, 0.5) is 0 Å². The van der Waals surface area contributed by atoms with Crippen LogP contribution in [0.25, 0.3) is 0 Å². The van der Waals surface area contributed by atoms with E-state index in [1.807, 2.05) is 54.6 Å². The van der Waals surface area contributed by atoms with E-state index in [1.165, 1.54) is 17.6 Å². The maximum atomic E-state index is 11.8. The molecule has 0 aliphatic carbocycles. The lowest BCUT2D eigenvalue weighted by Gasteiger charge is -2.28. The van der Waals surface area contributed by atoms with Gasteiger partial charge in [-0.05, 0) is 17.1 Å². The molecule has 4 rings (SSSR count). The van der Waals surface area contributed by atoms with Crippen molar-refractivity contribution in [3.63, 3.8) is 0 Å². The number of aromatic nitrogens is 1. The summed E-state index contributed by atoms with van der Waals surface area (Å²) in [5, 5.41) is 0. The Kier molecular flexibility index (Phi) is 4.48. The first-order valence-electron chi connectivity index (χ1n) is 7.97. The summed E-state index contributed by atoms with van der Waals surface area (Å²) in [6, 6.07) is 19.3. The van der Waals surface area contributed by atoms with Gasteiger partial charge in [-0.3, -0.25) is 8.75 Å². The van der Waals surface area contributed by atoms with E-state index in [0.717, 1.165) is 16.7 Å². The van der Waals surface area contributed by atoms with Gasteiger partial charge >= 0.3 is 0 Å². The normalized spacial score (nSPS) is 16.2. The maximum Gasteiger partial charge on any atom is 0.262 e. The number of hydrogen-bond acceptors (Lipinski definition) is 4. The molecule has 128 valence electrons. The van der Waals surface area contributed by atoms with Crippen molar-refractivity contribution >= 4 is 23.1 Å². The molecule has 1 aliphatic heterocycles. The summed E-state index contributed by atoms with van der Waals surface area (Å²) in [6.07, 6.45) is 0. The van der Waals surface area contributed by atoms with Crippen LogP contribution in [0.15, 0.2) is 65.5 Å². The highest BCUT2D eigenvalue weighted by atomic mass is 35.5. The number of ether oxygens (including phenoxy) is 2. The Bertz CT molecular complexity index is 912. The summed E-state index contributed by atoms with van der Waals surface area (Å²) in [6.45, 7) is 1.61. The number of nitrogens with zero attached hydrogens (tertiary/aromatic N) is 1. The topological polar surface area (TPSA) is 40.5 Å². The third-order valence-electron chi connectivity index (χ3n) is 4.19. The zero-order valence-electron chi connectivity index (χ0n) is 13.4. The molecule has 0 unspecified atom stereocenters. The Morgan fingerprint density at radius 1 is 1.00 bits per heavy atom. The van der Waals surface area contributed by atoms with E-state index in [2.05, 4.69) is 0 Å². The van der Waals surface area contributed by atoms with Gasteiger partial charge in [-0.25, -0.2) is 0 Å². The molecule has 25 heavy (non-hydrogen) atoms. The van der Waals surface area contributed by atoms with E-state index in [1.54, 1.807) is 3.96 Å². The van der Waals surface area contributed by atoms with E-state index in [-0.39, 0.29) is 5.56 Å². The van der Waals surface area contributed by atoms with Gasteiger partial charge in [0, 0.05) is 17.2 Å². The van der Waals surface area contributed by atoms with Gasteiger partial charge in [0.25, 0.3) is 5.56 Å². The van der Waals surface area contributed by atoms with Crippen molar-refractivity contribution in [2.45, 2.75) is 12.3 Å². The van der Waals surface area contributed by atoms with Gasteiger partial charge in [0.15, 0.2) is 0 Å². The molecule has 0 radical (unpaired) electrons. The molecule has 2 aromatic carbocycles. The van der Waals surface area contributed by atoms with Crippen LogP contribution in [0, 0.1) is 0 Å². The van der Waals surface area contributed by atoms with Crippen LogP contribution < -0.4 is 5.56 Å². The number of rotatable bonds is 4.